The van der Waals surface area contributed by atoms with Gasteiger partial charge in [-0.15, -0.1) is 0 Å². The maximum Gasteiger partial charge on any atom is 0.242 e. The van der Waals surface area contributed by atoms with Gasteiger partial charge in [-0.3, -0.25) is 9.59 Å². The van der Waals surface area contributed by atoms with Gasteiger partial charge in [0.25, 0.3) is 0 Å². The highest BCUT2D eigenvalue weighted by Gasteiger charge is 2.38. The number of hydrogen-bond acceptors (Lipinski definition) is 3. The average molecular weight is 253 g/mol. The highest BCUT2D eigenvalue weighted by molar-refractivity contribution is 5.90. The van der Waals surface area contributed by atoms with E-state index in [9.17, 15) is 9.59 Å². The van der Waals surface area contributed by atoms with E-state index in [-0.39, 0.29) is 23.9 Å². The minimum atomic E-state index is -0.272. The van der Waals surface area contributed by atoms with Gasteiger partial charge >= 0.3 is 0 Å². The molecule has 0 aromatic heterocycles. The smallest absolute Gasteiger partial charge is 0.242 e. The van der Waals surface area contributed by atoms with Crippen LogP contribution in [0.2, 0.25) is 0 Å². The van der Waals surface area contributed by atoms with Gasteiger partial charge in [-0.2, -0.15) is 0 Å². The molecule has 0 aliphatic carbocycles. The summed E-state index contributed by atoms with van der Waals surface area (Å²) in [6.07, 6.45) is 3.84. The van der Waals surface area contributed by atoms with Crippen LogP contribution < -0.4 is 10.6 Å². The topological polar surface area (TPSA) is 61.4 Å². The van der Waals surface area contributed by atoms with Crippen LogP contribution in [-0.4, -0.2) is 48.9 Å². The normalized spacial score (nSPS) is 32.3. The number of likely N-dealkylation sites (N-methyl/N-ethyl adjacent to an activating group) is 1. The maximum atomic E-state index is 12.5. The van der Waals surface area contributed by atoms with Gasteiger partial charge in [0, 0.05) is 13.6 Å². The third-order valence-electron chi connectivity index (χ3n) is 4.13. The summed E-state index contributed by atoms with van der Waals surface area (Å²) < 4.78 is 0. The minimum absolute atomic E-state index is 0.0336. The first-order chi connectivity index (χ1) is 8.65. The van der Waals surface area contributed by atoms with Crippen LogP contribution in [0.1, 0.15) is 32.6 Å². The molecular weight excluding hydrogens is 230 g/mol. The summed E-state index contributed by atoms with van der Waals surface area (Å²) in [7, 11) is 1.63. The monoisotopic (exact) mass is 253 g/mol. The molecule has 2 heterocycles. The first-order valence-corrected chi connectivity index (χ1v) is 6.90. The summed E-state index contributed by atoms with van der Waals surface area (Å²) in [5.41, 5.74) is 0. The van der Waals surface area contributed by atoms with Gasteiger partial charge in [-0.1, -0.05) is 6.92 Å². The van der Waals surface area contributed by atoms with E-state index >= 15 is 0 Å². The van der Waals surface area contributed by atoms with E-state index < -0.39 is 0 Å². The van der Waals surface area contributed by atoms with Gasteiger partial charge in [0.15, 0.2) is 0 Å². The minimum Gasteiger partial charge on any atom is -0.357 e. The van der Waals surface area contributed by atoms with E-state index in [4.69, 9.17) is 0 Å². The lowest BCUT2D eigenvalue weighted by molar-refractivity contribution is -0.144. The van der Waals surface area contributed by atoms with Gasteiger partial charge in [-0.05, 0) is 38.1 Å². The van der Waals surface area contributed by atoms with E-state index in [0.717, 1.165) is 32.2 Å². The second-order valence-electron chi connectivity index (χ2n) is 5.36. The molecule has 2 aliphatic rings. The fourth-order valence-electron chi connectivity index (χ4n) is 2.98. The number of carbonyl (C=O) groups excluding carboxylic acids is 2. The highest BCUT2D eigenvalue weighted by atomic mass is 16.2. The Morgan fingerprint density at radius 2 is 2.06 bits per heavy atom. The van der Waals surface area contributed by atoms with Crippen LogP contribution in [0.15, 0.2) is 0 Å². The molecule has 2 saturated heterocycles. The zero-order valence-corrected chi connectivity index (χ0v) is 11.2. The van der Waals surface area contributed by atoms with Crippen molar-refractivity contribution < 1.29 is 9.59 Å². The molecule has 0 radical (unpaired) electrons. The highest BCUT2D eigenvalue weighted by Crippen LogP contribution is 2.22. The maximum absolute atomic E-state index is 12.5. The Hall–Kier alpha value is -1.10. The van der Waals surface area contributed by atoms with Gasteiger partial charge in [0.2, 0.25) is 11.8 Å². The quantitative estimate of drug-likeness (QED) is 0.734. The molecule has 5 nitrogen and oxygen atoms in total. The SMILES string of the molecule is CNC(=O)C1CCCCN1C(=O)C1NCCC1C. The van der Waals surface area contributed by atoms with Crippen LogP contribution in [-0.2, 0) is 9.59 Å². The number of amides is 2. The standard InChI is InChI=1S/C13H23N3O2/c1-9-6-7-15-11(9)13(18)16-8-4-3-5-10(16)12(17)14-2/h9-11,15H,3-8H2,1-2H3,(H,14,17). The van der Waals surface area contributed by atoms with Crippen LogP contribution in [0.5, 0.6) is 0 Å². The summed E-state index contributed by atoms with van der Waals surface area (Å²) >= 11 is 0. The van der Waals surface area contributed by atoms with Crippen LogP contribution in [0.4, 0.5) is 0 Å². The molecule has 3 atom stereocenters. The molecule has 0 spiro atoms. The molecule has 2 rings (SSSR count). The number of nitrogens with zero attached hydrogens (tertiary/aromatic N) is 1. The third-order valence-corrected chi connectivity index (χ3v) is 4.13. The van der Waals surface area contributed by atoms with Crippen molar-refractivity contribution in [1.82, 2.24) is 15.5 Å². The lowest BCUT2D eigenvalue weighted by Gasteiger charge is -2.36. The number of rotatable bonds is 2. The predicted octanol–water partition coefficient (Wildman–Crippen LogP) is 0.112. The third kappa shape index (κ3) is 2.51. The largest absolute Gasteiger partial charge is 0.357 e. The molecule has 0 aromatic rings. The van der Waals surface area contributed by atoms with Crippen molar-refractivity contribution in [2.75, 3.05) is 20.1 Å². The van der Waals surface area contributed by atoms with E-state index in [2.05, 4.69) is 17.6 Å². The molecule has 0 saturated carbocycles. The van der Waals surface area contributed by atoms with Crippen molar-refractivity contribution in [2.24, 2.45) is 5.92 Å². The number of piperidine rings is 1. The number of nitrogens with one attached hydrogen (secondary N) is 2. The molecule has 0 aromatic carbocycles. The van der Waals surface area contributed by atoms with Crippen molar-refractivity contribution in [3.63, 3.8) is 0 Å². The van der Waals surface area contributed by atoms with E-state index in [1.54, 1.807) is 11.9 Å². The Kier molecular flexibility index (Phi) is 4.22. The second kappa shape index (κ2) is 5.69. The molecule has 2 fully saturated rings. The van der Waals surface area contributed by atoms with Gasteiger partial charge in [-0.25, -0.2) is 0 Å². The molecule has 0 bridgehead atoms. The summed E-state index contributed by atoms with van der Waals surface area (Å²) in [6, 6.07) is -0.374. The molecule has 3 unspecified atom stereocenters. The predicted molar refractivity (Wildman–Crippen MR) is 69.0 cm³/mol. The number of carbonyl (C=O) groups is 2. The van der Waals surface area contributed by atoms with Gasteiger partial charge in [0.1, 0.15) is 6.04 Å². The van der Waals surface area contributed by atoms with Crippen molar-refractivity contribution in [1.29, 1.82) is 0 Å². The van der Waals surface area contributed by atoms with Crippen molar-refractivity contribution >= 4 is 11.8 Å². The number of hydrogen-bond donors (Lipinski definition) is 2. The summed E-state index contributed by atoms with van der Waals surface area (Å²) in [4.78, 5) is 26.2. The Bertz CT molecular complexity index is 332. The molecule has 2 N–H and O–H groups in total. The van der Waals surface area contributed by atoms with Crippen molar-refractivity contribution in [2.45, 2.75) is 44.7 Å². The van der Waals surface area contributed by atoms with Gasteiger partial charge < -0.3 is 15.5 Å². The first-order valence-electron chi connectivity index (χ1n) is 6.90. The van der Waals surface area contributed by atoms with E-state index in [1.165, 1.54) is 0 Å². The average Bonchev–Trinajstić information content (AvgIpc) is 2.83. The zero-order valence-electron chi connectivity index (χ0n) is 11.2. The van der Waals surface area contributed by atoms with Gasteiger partial charge in [0.05, 0.1) is 6.04 Å². The van der Waals surface area contributed by atoms with E-state index in [1.807, 2.05) is 0 Å². The molecule has 2 amide bonds. The van der Waals surface area contributed by atoms with Crippen molar-refractivity contribution in [3.8, 4) is 0 Å². The molecule has 18 heavy (non-hydrogen) atoms. The summed E-state index contributed by atoms with van der Waals surface area (Å²) in [5.74, 6) is 0.437. The zero-order chi connectivity index (χ0) is 13.1. The number of likely N-dealkylation sites (tertiary alicyclic amines) is 1. The van der Waals surface area contributed by atoms with Crippen molar-refractivity contribution in [3.05, 3.63) is 0 Å². The molecular formula is C13H23N3O2. The lowest BCUT2D eigenvalue weighted by Crippen LogP contribution is -2.56. The van der Waals surface area contributed by atoms with Crippen LogP contribution >= 0.6 is 0 Å². The fourth-order valence-corrected chi connectivity index (χ4v) is 2.98. The Morgan fingerprint density at radius 3 is 2.67 bits per heavy atom. The molecule has 5 heteroatoms. The van der Waals surface area contributed by atoms with Crippen LogP contribution in [0.25, 0.3) is 0 Å². The Morgan fingerprint density at radius 1 is 1.28 bits per heavy atom. The Labute approximate surface area is 108 Å². The summed E-state index contributed by atoms with van der Waals surface area (Å²) in [6.45, 7) is 3.71. The van der Waals surface area contributed by atoms with Crippen LogP contribution in [0, 0.1) is 5.92 Å². The van der Waals surface area contributed by atoms with E-state index in [0.29, 0.717) is 12.5 Å². The fraction of sp³-hybridized carbons (Fsp3) is 0.846. The lowest BCUT2D eigenvalue weighted by atomic mass is 9.97. The Balaban J connectivity index is 2.08. The summed E-state index contributed by atoms with van der Waals surface area (Å²) in [5, 5.41) is 5.93. The molecule has 102 valence electrons. The second-order valence-corrected chi connectivity index (χ2v) is 5.36. The first kappa shape index (κ1) is 13.3. The molecule has 2 aliphatic heterocycles. The van der Waals surface area contributed by atoms with Crippen LogP contribution in [0.3, 0.4) is 0 Å².